The third kappa shape index (κ3) is 1.84. The summed E-state index contributed by atoms with van der Waals surface area (Å²) >= 11 is 0. The van der Waals surface area contributed by atoms with Crippen LogP contribution in [0.4, 0.5) is 0 Å². The van der Waals surface area contributed by atoms with Crippen molar-refractivity contribution in [3.05, 3.63) is 12.2 Å². The molecule has 0 amide bonds. The van der Waals surface area contributed by atoms with Crippen LogP contribution in [0.15, 0.2) is 12.2 Å². The first-order valence-electron chi connectivity index (χ1n) is 6.88. The molecule has 0 aromatic carbocycles. The van der Waals surface area contributed by atoms with Crippen LogP contribution in [-0.2, 0) is 0 Å². The minimum atomic E-state index is 0.351. The second kappa shape index (κ2) is 4.52. The van der Waals surface area contributed by atoms with Gasteiger partial charge in [0.05, 0.1) is 0 Å². The maximum Gasteiger partial charge on any atom is 0.0433 e. The first-order chi connectivity index (χ1) is 7.59. The number of aliphatic hydroxyl groups is 1. The third-order valence-electron chi connectivity index (χ3n) is 5.39. The molecule has 0 spiro atoms. The molecule has 0 unspecified atom stereocenters. The van der Waals surface area contributed by atoms with E-state index in [0.717, 1.165) is 18.3 Å². The largest absolute Gasteiger partial charge is 0.396 e. The molecule has 0 aromatic heterocycles. The second-order valence-electron chi connectivity index (χ2n) is 6.24. The molecule has 0 heterocycles. The summed E-state index contributed by atoms with van der Waals surface area (Å²) in [5, 5.41) is 9.28. The molecule has 1 nitrogen and oxygen atoms in total. The number of hydrogen-bond donors (Lipinski definition) is 1. The summed E-state index contributed by atoms with van der Waals surface area (Å²) in [5.74, 6) is 2.21. The monoisotopic (exact) mass is 222 g/mol. The fraction of sp³-hybridized carbons (Fsp3) is 0.867. The number of hydrogen-bond acceptors (Lipinski definition) is 1. The molecule has 0 aromatic rings. The normalized spacial score (nSPS) is 44.2. The van der Waals surface area contributed by atoms with Gasteiger partial charge in [0.15, 0.2) is 0 Å². The van der Waals surface area contributed by atoms with Crippen molar-refractivity contribution >= 4 is 0 Å². The van der Waals surface area contributed by atoms with Gasteiger partial charge in [0, 0.05) is 6.61 Å². The van der Waals surface area contributed by atoms with Gasteiger partial charge in [0.2, 0.25) is 0 Å². The zero-order chi connectivity index (χ0) is 11.8. The van der Waals surface area contributed by atoms with Crippen molar-refractivity contribution in [2.75, 3.05) is 6.61 Å². The molecule has 0 aliphatic heterocycles. The van der Waals surface area contributed by atoms with Crippen molar-refractivity contribution in [1.82, 2.24) is 0 Å². The van der Waals surface area contributed by atoms with Crippen molar-refractivity contribution in [2.45, 2.75) is 52.4 Å². The molecular formula is C15H26O. The molecule has 0 bridgehead atoms. The van der Waals surface area contributed by atoms with Gasteiger partial charge in [-0.15, -0.1) is 0 Å². The van der Waals surface area contributed by atoms with E-state index in [0.29, 0.717) is 17.9 Å². The van der Waals surface area contributed by atoms with E-state index in [-0.39, 0.29) is 0 Å². The van der Waals surface area contributed by atoms with Crippen LogP contribution in [-0.4, -0.2) is 11.7 Å². The Morgan fingerprint density at radius 2 is 2.19 bits per heavy atom. The molecular weight excluding hydrogens is 196 g/mol. The van der Waals surface area contributed by atoms with Crippen molar-refractivity contribution < 1.29 is 5.11 Å². The lowest BCUT2D eigenvalue weighted by Gasteiger charge is -2.54. The summed E-state index contributed by atoms with van der Waals surface area (Å²) < 4.78 is 0. The number of rotatable bonds is 2. The average Bonchev–Trinajstić information content (AvgIpc) is 2.23. The molecule has 4 atom stereocenters. The number of aliphatic hydroxyl groups excluding tert-OH is 1. The molecule has 1 heteroatoms. The highest BCUT2D eigenvalue weighted by molar-refractivity contribution is 5.14. The molecule has 2 aliphatic rings. The highest BCUT2D eigenvalue weighted by Gasteiger charge is 2.48. The quantitative estimate of drug-likeness (QED) is 0.705. The Kier molecular flexibility index (Phi) is 3.44. The Bertz CT molecular complexity index is 271. The van der Waals surface area contributed by atoms with Gasteiger partial charge in [-0.2, -0.15) is 0 Å². The molecule has 0 radical (unpaired) electrons. The van der Waals surface area contributed by atoms with Crippen molar-refractivity contribution in [2.24, 2.45) is 23.2 Å². The van der Waals surface area contributed by atoms with E-state index < -0.39 is 0 Å². The smallest absolute Gasteiger partial charge is 0.0433 e. The van der Waals surface area contributed by atoms with Crippen LogP contribution in [0.25, 0.3) is 0 Å². The summed E-state index contributed by atoms with van der Waals surface area (Å²) in [7, 11) is 0. The maximum atomic E-state index is 9.28. The van der Waals surface area contributed by atoms with E-state index in [9.17, 15) is 5.11 Å². The van der Waals surface area contributed by atoms with Crippen LogP contribution >= 0.6 is 0 Å². The summed E-state index contributed by atoms with van der Waals surface area (Å²) in [6.45, 7) is 9.48. The highest BCUT2D eigenvalue weighted by atomic mass is 16.3. The van der Waals surface area contributed by atoms with Gasteiger partial charge in [0.1, 0.15) is 0 Å². The zero-order valence-corrected chi connectivity index (χ0v) is 10.8. The lowest BCUT2D eigenvalue weighted by molar-refractivity contribution is -0.0160. The van der Waals surface area contributed by atoms with Crippen LogP contribution in [0.1, 0.15) is 52.4 Å². The van der Waals surface area contributed by atoms with E-state index in [1.807, 2.05) is 0 Å². The van der Waals surface area contributed by atoms with Gasteiger partial charge in [-0.25, -0.2) is 0 Å². The second-order valence-corrected chi connectivity index (χ2v) is 6.24. The van der Waals surface area contributed by atoms with Gasteiger partial charge >= 0.3 is 0 Å². The Hall–Kier alpha value is -0.300. The lowest BCUT2D eigenvalue weighted by Crippen LogP contribution is -2.45. The van der Waals surface area contributed by atoms with Gasteiger partial charge in [-0.3, -0.25) is 0 Å². The van der Waals surface area contributed by atoms with Crippen LogP contribution in [0.5, 0.6) is 0 Å². The Balaban J connectivity index is 2.24. The molecule has 1 N–H and O–H groups in total. The average molecular weight is 222 g/mol. The van der Waals surface area contributed by atoms with Crippen LogP contribution in [0.2, 0.25) is 0 Å². The van der Waals surface area contributed by atoms with Crippen LogP contribution in [0, 0.1) is 23.2 Å². The fourth-order valence-corrected chi connectivity index (χ4v) is 4.52. The van der Waals surface area contributed by atoms with E-state index in [4.69, 9.17) is 0 Å². The molecule has 92 valence electrons. The van der Waals surface area contributed by atoms with Crippen molar-refractivity contribution in [3.63, 3.8) is 0 Å². The van der Waals surface area contributed by atoms with Gasteiger partial charge in [0.25, 0.3) is 0 Å². The van der Waals surface area contributed by atoms with Crippen molar-refractivity contribution in [1.29, 1.82) is 0 Å². The first-order valence-corrected chi connectivity index (χ1v) is 6.88. The first kappa shape index (κ1) is 12.2. The maximum absolute atomic E-state index is 9.28. The van der Waals surface area contributed by atoms with Gasteiger partial charge in [-0.05, 0) is 61.7 Å². The van der Waals surface area contributed by atoms with Crippen LogP contribution < -0.4 is 0 Å². The number of fused-ring (bicyclic) bond motifs is 1. The predicted molar refractivity (Wildman–Crippen MR) is 68.2 cm³/mol. The summed E-state index contributed by atoms with van der Waals surface area (Å²) in [6.07, 6.45) is 7.52. The zero-order valence-electron chi connectivity index (χ0n) is 10.8. The predicted octanol–water partition coefficient (Wildman–Crippen LogP) is 3.78. The summed E-state index contributed by atoms with van der Waals surface area (Å²) in [4.78, 5) is 0. The molecule has 2 saturated carbocycles. The third-order valence-corrected chi connectivity index (χ3v) is 5.39. The fourth-order valence-electron chi connectivity index (χ4n) is 4.52. The number of allylic oxidation sites excluding steroid dienone is 1. The Morgan fingerprint density at radius 3 is 2.88 bits per heavy atom. The van der Waals surface area contributed by atoms with E-state index in [1.165, 1.54) is 37.7 Å². The topological polar surface area (TPSA) is 20.2 Å². The van der Waals surface area contributed by atoms with Gasteiger partial charge in [-0.1, -0.05) is 26.0 Å². The molecule has 2 aliphatic carbocycles. The standard InChI is InChI=1S/C15H26O/c1-11-5-4-9-15(3)13(11)7-6-12(2)14(15)8-10-16/h12-14,16H,1,4-10H2,2-3H3/t12-,13-,14-,15-/m0/s1. The molecule has 0 saturated heterocycles. The SMILES string of the molecule is C=C1CCC[C@@]2(C)[C@H]1CC[C@H](C)[C@@H]2CCO. The minimum Gasteiger partial charge on any atom is -0.396 e. The molecule has 2 fully saturated rings. The molecule has 16 heavy (non-hydrogen) atoms. The Morgan fingerprint density at radius 1 is 1.44 bits per heavy atom. The summed E-state index contributed by atoms with van der Waals surface area (Å²) in [6, 6.07) is 0. The van der Waals surface area contributed by atoms with E-state index >= 15 is 0 Å². The molecule has 2 rings (SSSR count). The lowest BCUT2D eigenvalue weighted by atomic mass is 9.51. The van der Waals surface area contributed by atoms with Crippen LogP contribution in [0.3, 0.4) is 0 Å². The van der Waals surface area contributed by atoms with Crippen molar-refractivity contribution in [3.8, 4) is 0 Å². The van der Waals surface area contributed by atoms with Gasteiger partial charge < -0.3 is 5.11 Å². The Labute approximate surface area is 99.9 Å². The van der Waals surface area contributed by atoms with E-state index in [2.05, 4.69) is 20.4 Å². The van der Waals surface area contributed by atoms with E-state index in [1.54, 1.807) is 0 Å². The minimum absolute atomic E-state index is 0.351. The highest BCUT2D eigenvalue weighted by Crippen LogP contribution is 2.57. The summed E-state index contributed by atoms with van der Waals surface area (Å²) in [5.41, 5.74) is 1.92.